The molecule has 1 heterocycles. The molecule has 0 N–H and O–H groups in total. The molecule has 0 radical (unpaired) electrons. The first-order valence-corrected chi connectivity index (χ1v) is 7.51. The third-order valence-electron chi connectivity index (χ3n) is 3.31. The number of carbonyl (C=O) groups excluding carboxylic acids is 1. The minimum atomic E-state index is -0.347. The van der Waals surface area contributed by atoms with Crippen LogP contribution in [0.5, 0.6) is 5.75 Å². The summed E-state index contributed by atoms with van der Waals surface area (Å²) in [5, 5.41) is 0. The molecule has 5 nitrogen and oxygen atoms in total. The highest BCUT2D eigenvalue weighted by Gasteiger charge is 2.21. The van der Waals surface area contributed by atoms with Gasteiger partial charge in [-0.1, -0.05) is 0 Å². The molecular formula is C16H23NO4. The third-order valence-corrected chi connectivity index (χ3v) is 3.31. The molecule has 1 aromatic rings. The van der Waals surface area contributed by atoms with E-state index in [2.05, 4.69) is 0 Å². The van der Waals surface area contributed by atoms with Gasteiger partial charge in [-0.05, 0) is 44.5 Å². The maximum atomic E-state index is 11.7. The molecule has 0 spiro atoms. The first-order chi connectivity index (χ1) is 10.2. The summed E-state index contributed by atoms with van der Waals surface area (Å²) in [5.41, 5.74) is 0.927. The fourth-order valence-corrected chi connectivity index (χ4v) is 2.32. The van der Waals surface area contributed by atoms with Gasteiger partial charge in [0.2, 0.25) is 5.91 Å². The normalized spacial score (nSPS) is 15.0. The molecule has 0 saturated carbocycles. The Kier molecular flexibility index (Phi) is 6.02. The predicted octanol–water partition coefficient (Wildman–Crippen LogP) is 2.59. The molecule has 0 bridgehead atoms. The van der Waals surface area contributed by atoms with Crippen molar-refractivity contribution in [2.75, 3.05) is 31.3 Å². The van der Waals surface area contributed by atoms with E-state index >= 15 is 0 Å². The van der Waals surface area contributed by atoms with Gasteiger partial charge >= 0.3 is 0 Å². The van der Waals surface area contributed by atoms with Crippen LogP contribution in [0.15, 0.2) is 24.3 Å². The van der Waals surface area contributed by atoms with Crippen LogP contribution in [0, 0.1) is 0 Å². The van der Waals surface area contributed by atoms with Gasteiger partial charge in [0.15, 0.2) is 6.29 Å². The Bertz CT molecular complexity index is 440. The number of benzene rings is 1. The van der Waals surface area contributed by atoms with Crippen molar-refractivity contribution in [1.82, 2.24) is 0 Å². The smallest absolute Gasteiger partial charge is 0.227 e. The number of hydrogen-bond acceptors (Lipinski definition) is 4. The van der Waals surface area contributed by atoms with E-state index in [1.54, 1.807) is 0 Å². The Balaban J connectivity index is 1.88. The minimum Gasteiger partial charge on any atom is -0.488 e. The van der Waals surface area contributed by atoms with Gasteiger partial charge in [0.05, 0.1) is 0 Å². The zero-order valence-corrected chi connectivity index (χ0v) is 12.7. The van der Waals surface area contributed by atoms with Crippen LogP contribution in [-0.2, 0) is 14.3 Å². The third kappa shape index (κ3) is 4.44. The van der Waals surface area contributed by atoms with Crippen molar-refractivity contribution in [3.63, 3.8) is 0 Å². The number of nitrogens with zero attached hydrogens (tertiary/aromatic N) is 1. The molecule has 1 amide bonds. The van der Waals surface area contributed by atoms with Crippen LogP contribution in [0.4, 0.5) is 5.69 Å². The number of anilines is 1. The second kappa shape index (κ2) is 8.00. The van der Waals surface area contributed by atoms with Crippen molar-refractivity contribution in [3.05, 3.63) is 24.3 Å². The lowest BCUT2D eigenvalue weighted by molar-refractivity contribution is -0.152. The van der Waals surface area contributed by atoms with E-state index in [0.717, 1.165) is 24.4 Å². The predicted molar refractivity (Wildman–Crippen MR) is 80.6 cm³/mol. The van der Waals surface area contributed by atoms with Crippen molar-refractivity contribution in [1.29, 1.82) is 0 Å². The highest BCUT2D eigenvalue weighted by Crippen LogP contribution is 2.24. The second-order valence-electron chi connectivity index (χ2n) is 4.79. The summed E-state index contributed by atoms with van der Waals surface area (Å²) in [7, 11) is 0. The number of amides is 1. The molecule has 1 saturated heterocycles. The van der Waals surface area contributed by atoms with Gasteiger partial charge in [-0.15, -0.1) is 0 Å². The first kappa shape index (κ1) is 15.8. The number of ether oxygens (including phenoxy) is 3. The molecular weight excluding hydrogens is 270 g/mol. The maximum Gasteiger partial charge on any atom is 0.227 e. The van der Waals surface area contributed by atoms with Gasteiger partial charge in [0.1, 0.15) is 12.4 Å². The van der Waals surface area contributed by atoms with Crippen LogP contribution < -0.4 is 9.64 Å². The molecule has 1 fully saturated rings. The molecule has 1 aliphatic rings. The average molecular weight is 293 g/mol. The fraction of sp³-hybridized carbons (Fsp3) is 0.562. The van der Waals surface area contributed by atoms with Gasteiger partial charge in [0.25, 0.3) is 0 Å². The number of rotatable bonds is 8. The van der Waals surface area contributed by atoms with Crippen LogP contribution in [-0.4, -0.2) is 38.6 Å². The standard InChI is InChI=1S/C16H23NO4/c1-3-19-16(20-4-2)12-21-14-9-7-13(8-10-14)17-11-5-6-15(17)18/h7-10,16H,3-6,11-12H2,1-2H3. The van der Waals surface area contributed by atoms with Gasteiger partial charge in [-0.3, -0.25) is 4.79 Å². The van der Waals surface area contributed by atoms with E-state index in [4.69, 9.17) is 14.2 Å². The van der Waals surface area contributed by atoms with Crippen LogP contribution in [0.1, 0.15) is 26.7 Å². The molecule has 0 aromatic heterocycles. The molecule has 1 aromatic carbocycles. The molecule has 5 heteroatoms. The van der Waals surface area contributed by atoms with E-state index in [1.807, 2.05) is 43.0 Å². The van der Waals surface area contributed by atoms with E-state index in [9.17, 15) is 4.79 Å². The molecule has 116 valence electrons. The van der Waals surface area contributed by atoms with E-state index in [0.29, 0.717) is 26.2 Å². The quantitative estimate of drug-likeness (QED) is 0.691. The minimum absolute atomic E-state index is 0.191. The van der Waals surface area contributed by atoms with Gasteiger partial charge in [0, 0.05) is 31.9 Å². The Morgan fingerprint density at radius 3 is 2.33 bits per heavy atom. The lowest BCUT2D eigenvalue weighted by Gasteiger charge is -2.18. The summed E-state index contributed by atoms with van der Waals surface area (Å²) in [6, 6.07) is 7.57. The average Bonchev–Trinajstić information content (AvgIpc) is 2.92. The topological polar surface area (TPSA) is 48.0 Å². The lowest BCUT2D eigenvalue weighted by atomic mass is 10.3. The van der Waals surface area contributed by atoms with Gasteiger partial charge in [-0.2, -0.15) is 0 Å². The zero-order valence-electron chi connectivity index (χ0n) is 12.7. The number of hydrogen-bond donors (Lipinski definition) is 0. The van der Waals surface area contributed by atoms with Gasteiger partial charge < -0.3 is 19.1 Å². The fourth-order valence-electron chi connectivity index (χ4n) is 2.32. The Hall–Kier alpha value is -1.59. The zero-order chi connectivity index (χ0) is 15.1. The van der Waals surface area contributed by atoms with Crippen molar-refractivity contribution in [3.8, 4) is 5.75 Å². The van der Waals surface area contributed by atoms with E-state index in [-0.39, 0.29) is 12.2 Å². The number of carbonyl (C=O) groups is 1. The summed E-state index contributed by atoms with van der Waals surface area (Å²) in [6.45, 7) is 6.18. The monoisotopic (exact) mass is 293 g/mol. The molecule has 1 aliphatic heterocycles. The van der Waals surface area contributed by atoms with E-state index in [1.165, 1.54) is 0 Å². The molecule has 0 unspecified atom stereocenters. The van der Waals surface area contributed by atoms with Crippen LogP contribution in [0.2, 0.25) is 0 Å². The van der Waals surface area contributed by atoms with Crippen LogP contribution in [0.3, 0.4) is 0 Å². The summed E-state index contributed by atoms with van der Waals surface area (Å²) < 4.78 is 16.5. The molecule has 2 rings (SSSR count). The summed E-state index contributed by atoms with van der Waals surface area (Å²) in [5.74, 6) is 0.936. The summed E-state index contributed by atoms with van der Waals surface area (Å²) >= 11 is 0. The van der Waals surface area contributed by atoms with Gasteiger partial charge in [-0.25, -0.2) is 0 Å². The van der Waals surface area contributed by atoms with Crippen molar-refractivity contribution >= 4 is 11.6 Å². The Labute approximate surface area is 125 Å². The molecule has 0 aliphatic carbocycles. The Morgan fingerprint density at radius 1 is 1.14 bits per heavy atom. The summed E-state index contributed by atoms with van der Waals surface area (Å²) in [6.07, 6.45) is 1.23. The maximum absolute atomic E-state index is 11.7. The first-order valence-electron chi connectivity index (χ1n) is 7.51. The SMILES string of the molecule is CCOC(COc1ccc(N2CCCC2=O)cc1)OCC. The largest absolute Gasteiger partial charge is 0.488 e. The Morgan fingerprint density at radius 2 is 1.81 bits per heavy atom. The summed E-state index contributed by atoms with van der Waals surface area (Å²) in [4.78, 5) is 13.5. The molecule has 0 atom stereocenters. The van der Waals surface area contributed by atoms with E-state index < -0.39 is 0 Å². The molecule has 21 heavy (non-hydrogen) atoms. The van der Waals surface area contributed by atoms with Crippen LogP contribution >= 0.6 is 0 Å². The lowest BCUT2D eigenvalue weighted by Crippen LogP contribution is -2.25. The van der Waals surface area contributed by atoms with Crippen molar-refractivity contribution in [2.45, 2.75) is 33.0 Å². The van der Waals surface area contributed by atoms with Crippen molar-refractivity contribution in [2.24, 2.45) is 0 Å². The second-order valence-corrected chi connectivity index (χ2v) is 4.79. The van der Waals surface area contributed by atoms with Crippen molar-refractivity contribution < 1.29 is 19.0 Å². The highest BCUT2D eigenvalue weighted by atomic mass is 16.7. The van der Waals surface area contributed by atoms with Crippen LogP contribution in [0.25, 0.3) is 0 Å². The highest BCUT2D eigenvalue weighted by molar-refractivity contribution is 5.95.